The molecule has 0 bridgehead atoms. The number of carbonyl (C=O) groups is 1. The molecule has 0 aromatic heterocycles. The molecule has 0 radical (unpaired) electrons. The summed E-state index contributed by atoms with van der Waals surface area (Å²) in [5, 5.41) is 2.83. The summed E-state index contributed by atoms with van der Waals surface area (Å²) < 4.78 is 22.2. The Morgan fingerprint density at radius 1 is 1.22 bits per heavy atom. The third kappa shape index (κ3) is 3.99. The molecule has 1 rings (SSSR count). The number of amides is 1. The van der Waals surface area contributed by atoms with Crippen molar-refractivity contribution in [1.29, 1.82) is 0 Å². The summed E-state index contributed by atoms with van der Waals surface area (Å²) in [6.45, 7) is 5.41. The zero-order valence-corrected chi connectivity index (χ0v) is 12.0. The van der Waals surface area contributed by atoms with E-state index in [1.54, 1.807) is 12.1 Å². The van der Waals surface area contributed by atoms with E-state index in [-0.39, 0.29) is 22.8 Å². The third-order valence-corrected chi connectivity index (χ3v) is 3.92. The molecule has 18 heavy (non-hydrogen) atoms. The fourth-order valence-electron chi connectivity index (χ4n) is 1.69. The van der Waals surface area contributed by atoms with Crippen LogP contribution < -0.4 is 5.32 Å². The van der Waals surface area contributed by atoms with Gasteiger partial charge in [0.2, 0.25) is 5.91 Å². The summed E-state index contributed by atoms with van der Waals surface area (Å²) in [6.07, 6.45) is 0. The van der Waals surface area contributed by atoms with Crippen molar-refractivity contribution in [2.45, 2.75) is 31.7 Å². The molecule has 100 valence electrons. The van der Waals surface area contributed by atoms with Crippen LogP contribution in [0.1, 0.15) is 32.4 Å². The van der Waals surface area contributed by atoms with E-state index >= 15 is 0 Å². The second-order valence-corrected chi connectivity index (χ2v) is 7.00. The van der Waals surface area contributed by atoms with Gasteiger partial charge in [-0.1, -0.05) is 26.0 Å². The molecule has 0 saturated carbocycles. The van der Waals surface area contributed by atoms with Gasteiger partial charge in [0.15, 0.2) is 0 Å². The predicted octanol–water partition coefficient (Wildman–Crippen LogP) is 2.45. The zero-order chi connectivity index (χ0) is 13.9. The standard InChI is InChI=1S/C12H16ClNO3S/c1-8(2)12(14-9(3)15)10-4-6-11(7-5-10)18(13,16)17/h4-8,12H,1-3H3,(H,14,15)/t12-/m0/s1. The summed E-state index contributed by atoms with van der Waals surface area (Å²) in [5.74, 6) is 0.0788. The highest BCUT2D eigenvalue weighted by Gasteiger charge is 2.17. The van der Waals surface area contributed by atoms with Crippen LogP contribution in [0.15, 0.2) is 29.2 Å². The van der Waals surface area contributed by atoms with Crippen molar-refractivity contribution in [3.63, 3.8) is 0 Å². The van der Waals surface area contributed by atoms with E-state index in [2.05, 4.69) is 5.32 Å². The topological polar surface area (TPSA) is 63.2 Å². The molecule has 6 heteroatoms. The molecule has 0 spiro atoms. The predicted molar refractivity (Wildman–Crippen MR) is 70.9 cm³/mol. The fourth-order valence-corrected chi connectivity index (χ4v) is 2.46. The van der Waals surface area contributed by atoms with E-state index in [4.69, 9.17) is 10.7 Å². The Hall–Kier alpha value is -1.07. The van der Waals surface area contributed by atoms with Crippen LogP contribution in [-0.2, 0) is 13.8 Å². The molecule has 0 saturated heterocycles. The largest absolute Gasteiger partial charge is 0.349 e. The number of nitrogens with one attached hydrogen (secondary N) is 1. The second-order valence-electron chi connectivity index (χ2n) is 4.43. The lowest BCUT2D eigenvalue weighted by atomic mass is 9.96. The third-order valence-electron chi connectivity index (χ3n) is 2.55. The highest BCUT2D eigenvalue weighted by atomic mass is 35.7. The molecule has 1 atom stereocenters. The number of carbonyl (C=O) groups excluding carboxylic acids is 1. The maximum absolute atomic E-state index is 11.1. The summed E-state index contributed by atoms with van der Waals surface area (Å²) in [5.41, 5.74) is 0.851. The monoisotopic (exact) mass is 289 g/mol. The first-order valence-electron chi connectivity index (χ1n) is 5.53. The van der Waals surface area contributed by atoms with Crippen LogP contribution in [-0.4, -0.2) is 14.3 Å². The van der Waals surface area contributed by atoms with E-state index in [0.717, 1.165) is 5.56 Å². The molecular weight excluding hydrogens is 274 g/mol. The molecule has 1 N–H and O–H groups in total. The van der Waals surface area contributed by atoms with Gasteiger partial charge in [0.25, 0.3) is 9.05 Å². The molecule has 0 unspecified atom stereocenters. The summed E-state index contributed by atoms with van der Waals surface area (Å²) in [4.78, 5) is 11.2. The SMILES string of the molecule is CC(=O)N[C@H](c1ccc(S(=O)(=O)Cl)cc1)C(C)C. The number of hydrogen-bond donors (Lipinski definition) is 1. The van der Waals surface area contributed by atoms with Crippen molar-refractivity contribution in [1.82, 2.24) is 5.32 Å². The number of benzene rings is 1. The smallest absolute Gasteiger partial charge is 0.261 e. The van der Waals surface area contributed by atoms with Crippen LogP contribution in [0.5, 0.6) is 0 Å². The van der Waals surface area contributed by atoms with Crippen LogP contribution in [0.25, 0.3) is 0 Å². The van der Waals surface area contributed by atoms with E-state index in [9.17, 15) is 13.2 Å². The first-order chi connectivity index (χ1) is 8.21. The Balaban J connectivity index is 3.05. The van der Waals surface area contributed by atoms with Gasteiger partial charge in [0, 0.05) is 17.6 Å². The first-order valence-corrected chi connectivity index (χ1v) is 7.84. The normalized spacial score (nSPS) is 13.4. The molecule has 0 aliphatic rings. The van der Waals surface area contributed by atoms with Gasteiger partial charge in [-0.3, -0.25) is 4.79 Å². The maximum Gasteiger partial charge on any atom is 0.261 e. The molecule has 1 aromatic rings. The Kier molecular flexibility index (Phi) is 4.76. The molecule has 4 nitrogen and oxygen atoms in total. The lowest BCUT2D eigenvalue weighted by molar-refractivity contribution is -0.120. The Bertz CT molecular complexity index is 523. The van der Waals surface area contributed by atoms with E-state index in [1.165, 1.54) is 19.1 Å². The molecular formula is C12H16ClNO3S. The first kappa shape index (κ1) is 15.0. The van der Waals surface area contributed by atoms with Gasteiger partial charge in [-0.2, -0.15) is 0 Å². The fraction of sp³-hybridized carbons (Fsp3) is 0.417. The van der Waals surface area contributed by atoms with Gasteiger partial charge in [-0.25, -0.2) is 8.42 Å². The summed E-state index contributed by atoms with van der Waals surface area (Å²) >= 11 is 0. The Morgan fingerprint density at radius 2 is 1.72 bits per heavy atom. The van der Waals surface area contributed by atoms with Gasteiger partial charge in [0.05, 0.1) is 10.9 Å². The minimum absolute atomic E-state index is 0.0539. The minimum Gasteiger partial charge on any atom is -0.349 e. The van der Waals surface area contributed by atoms with Crippen LogP contribution in [0.2, 0.25) is 0 Å². The molecule has 1 aromatic carbocycles. The lowest BCUT2D eigenvalue weighted by Crippen LogP contribution is -2.29. The highest BCUT2D eigenvalue weighted by molar-refractivity contribution is 8.13. The zero-order valence-electron chi connectivity index (χ0n) is 10.5. The van der Waals surface area contributed by atoms with Crippen LogP contribution >= 0.6 is 10.7 Å². The van der Waals surface area contributed by atoms with Crippen molar-refractivity contribution < 1.29 is 13.2 Å². The Labute approximate surface area is 112 Å². The molecule has 0 aliphatic heterocycles. The summed E-state index contributed by atoms with van der Waals surface area (Å²) in [6, 6.07) is 6.06. The molecule has 0 aliphatic carbocycles. The number of halogens is 1. The quantitative estimate of drug-likeness (QED) is 0.866. The van der Waals surface area contributed by atoms with Gasteiger partial charge in [-0.05, 0) is 23.6 Å². The molecule has 0 fully saturated rings. The van der Waals surface area contributed by atoms with Crippen molar-refractivity contribution in [2.24, 2.45) is 5.92 Å². The maximum atomic E-state index is 11.1. The van der Waals surface area contributed by atoms with Crippen molar-refractivity contribution >= 4 is 25.6 Å². The summed E-state index contributed by atoms with van der Waals surface area (Å²) in [7, 11) is 1.54. The number of hydrogen-bond acceptors (Lipinski definition) is 3. The number of rotatable bonds is 4. The average Bonchev–Trinajstić information content (AvgIpc) is 2.24. The van der Waals surface area contributed by atoms with Gasteiger partial charge in [0.1, 0.15) is 0 Å². The van der Waals surface area contributed by atoms with Crippen LogP contribution in [0, 0.1) is 5.92 Å². The van der Waals surface area contributed by atoms with Crippen molar-refractivity contribution in [3.8, 4) is 0 Å². The highest BCUT2D eigenvalue weighted by Crippen LogP contribution is 2.24. The second kappa shape index (κ2) is 5.71. The van der Waals surface area contributed by atoms with Gasteiger partial charge in [-0.15, -0.1) is 0 Å². The van der Waals surface area contributed by atoms with Gasteiger partial charge < -0.3 is 5.32 Å². The van der Waals surface area contributed by atoms with Crippen LogP contribution in [0.4, 0.5) is 0 Å². The van der Waals surface area contributed by atoms with Gasteiger partial charge >= 0.3 is 0 Å². The molecule has 1 amide bonds. The minimum atomic E-state index is -3.70. The lowest BCUT2D eigenvalue weighted by Gasteiger charge is -2.22. The van der Waals surface area contributed by atoms with E-state index in [0.29, 0.717) is 0 Å². The average molecular weight is 290 g/mol. The van der Waals surface area contributed by atoms with Crippen molar-refractivity contribution in [3.05, 3.63) is 29.8 Å². The van der Waals surface area contributed by atoms with Crippen molar-refractivity contribution in [2.75, 3.05) is 0 Å². The van der Waals surface area contributed by atoms with E-state index in [1.807, 2.05) is 13.8 Å². The van der Waals surface area contributed by atoms with Crippen LogP contribution in [0.3, 0.4) is 0 Å². The molecule has 0 heterocycles. The Morgan fingerprint density at radius 3 is 2.06 bits per heavy atom. The van der Waals surface area contributed by atoms with E-state index < -0.39 is 9.05 Å².